The van der Waals surface area contributed by atoms with Gasteiger partial charge in [-0.2, -0.15) is 0 Å². The van der Waals surface area contributed by atoms with Crippen LogP contribution in [0.15, 0.2) is 10.5 Å². The zero-order valence-electron chi connectivity index (χ0n) is 17.2. The largest absolute Gasteiger partial charge is 0.481 e. The maximum Gasteiger partial charge on any atom is 0.303 e. The van der Waals surface area contributed by atoms with Crippen molar-refractivity contribution in [2.24, 2.45) is 0 Å². The van der Waals surface area contributed by atoms with Gasteiger partial charge in [-0.05, 0) is 37.8 Å². The average Bonchev–Trinajstić information content (AvgIpc) is 2.95. The molecular weight excluding hydrogens is 324 g/mol. The van der Waals surface area contributed by atoms with Crippen molar-refractivity contribution in [3.8, 4) is 0 Å². The highest BCUT2D eigenvalue weighted by molar-refractivity contribution is 5.66. The Kier molecular flexibility index (Phi) is 13.0. The molecule has 1 heterocycles. The molecule has 0 aliphatic carbocycles. The van der Waals surface area contributed by atoms with Gasteiger partial charge in [0.05, 0.1) is 0 Å². The van der Waals surface area contributed by atoms with Gasteiger partial charge in [0, 0.05) is 19.3 Å². The minimum Gasteiger partial charge on any atom is -0.481 e. The summed E-state index contributed by atoms with van der Waals surface area (Å²) >= 11 is 0. The molecule has 0 saturated heterocycles. The van der Waals surface area contributed by atoms with Crippen LogP contribution in [-0.2, 0) is 17.6 Å². The summed E-state index contributed by atoms with van der Waals surface area (Å²) in [5.74, 6) is 1.70. The van der Waals surface area contributed by atoms with E-state index in [-0.39, 0.29) is 0 Å². The second-order valence-electron chi connectivity index (χ2n) is 7.71. The third-order valence-corrected chi connectivity index (χ3v) is 5.11. The van der Waals surface area contributed by atoms with Crippen molar-refractivity contribution in [1.29, 1.82) is 0 Å². The third-order valence-electron chi connectivity index (χ3n) is 5.11. The summed E-state index contributed by atoms with van der Waals surface area (Å²) in [6, 6.07) is 2.23. The van der Waals surface area contributed by atoms with Crippen molar-refractivity contribution in [3.63, 3.8) is 0 Å². The molecule has 0 aliphatic heterocycles. The van der Waals surface area contributed by atoms with E-state index in [1.807, 2.05) is 0 Å². The van der Waals surface area contributed by atoms with E-state index in [1.165, 1.54) is 81.3 Å². The van der Waals surface area contributed by atoms with Gasteiger partial charge in [-0.3, -0.25) is 4.79 Å². The minimum atomic E-state index is -0.662. The fourth-order valence-corrected chi connectivity index (χ4v) is 3.53. The van der Waals surface area contributed by atoms with Crippen LogP contribution < -0.4 is 0 Å². The van der Waals surface area contributed by atoms with Crippen LogP contribution >= 0.6 is 0 Å². The Hall–Kier alpha value is -1.25. The fourth-order valence-electron chi connectivity index (χ4n) is 3.53. The quantitative estimate of drug-likeness (QED) is 0.296. The highest BCUT2D eigenvalue weighted by atomic mass is 16.4. The molecule has 1 aromatic heterocycles. The van der Waals surface area contributed by atoms with E-state index in [2.05, 4.69) is 19.9 Å². The summed E-state index contributed by atoms with van der Waals surface area (Å²) < 4.78 is 5.94. The number of furan rings is 1. The normalized spacial score (nSPS) is 11.2. The summed E-state index contributed by atoms with van der Waals surface area (Å²) in [4.78, 5) is 10.4. The summed E-state index contributed by atoms with van der Waals surface area (Å²) in [6.45, 7) is 4.36. The van der Waals surface area contributed by atoms with Gasteiger partial charge in [0.25, 0.3) is 0 Å². The second kappa shape index (κ2) is 14.9. The molecule has 0 radical (unpaired) electrons. The van der Waals surface area contributed by atoms with Gasteiger partial charge >= 0.3 is 5.97 Å². The van der Waals surface area contributed by atoms with Crippen LogP contribution in [0, 0.1) is 6.92 Å². The Bertz CT molecular complexity index is 476. The first-order chi connectivity index (χ1) is 12.6. The molecule has 0 atom stereocenters. The van der Waals surface area contributed by atoms with Crippen LogP contribution in [0.3, 0.4) is 0 Å². The van der Waals surface area contributed by atoms with Gasteiger partial charge in [-0.1, -0.05) is 71.1 Å². The van der Waals surface area contributed by atoms with Gasteiger partial charge < -0.3 is 9.52 Å². The maximum atomic E-state index is 10.4. The minimum absolute atomic E-state index is 0.333. The molecule has 26 heavy (non-hydrogen) atoms. The second-order valence-corrected chi connectivity index (χ2v) is 7.71. The number of unbranched alkanes of at least 4 members (excludes halogenated alkanes) is 11. The Morgan fingerprint density at radius 1 is 0.846 bits per heavy atom. The lowest BCUT2D eigenvalue weighted by molar-refractivity contribution is -0.137. The molecule has 0 bridgehead atoms. The van der Waals surface area contributed by atoms with Gasteiger partial charge in [0.15, 0.2) is 0 Å². The Morgan fingerprint density at radius 3 is 1.85 bits per heavy atom. The molecule has 0 fully saturated rings. The van der Waals surface area contributed by atoms with E-state index in [0.29, 0.717) is 6.42 Å². The molecular formula is C23H40O3. The smallest absolute Gasteiger partial charge is 0.303 e. The first-order valence-electron chi connectivity index (χ1n) is 10.9. The third kappa shape index (κ3) is 11.4. The Balaban J connectivity index is 1.85. The van der Waals surface area contributed by atoms with Crippen molar-refractivity contribution < 1.29 is 14.3 Å². The van der Waals surface area contributed by atoms with Crippen molar-refractivity contribution in [3.05, 3.63) is 23.2 Å². The van der Waals surface area contributed by atoms with Crippen molar-refractivity contribution in [2.75, 3.05) is 0 Å². The monoisotopic (exact) mass is 364 g/mol. The summed E-state index contributed by atoms with van der Waals surface area (Å²) in [6.07, 6.45) is 18.6. The molecule has 0 unspecified atom stereocenters. The molecule has 3 nitrogen and oxygen atoms in total. The molecule has 1 N–H and O–H groups in total. The van der Waals surface area contributed by atoms with E-state index in [4.69, 9.17) is 9.52 Å². The predicted octanol–water partition coefficient (Wildman–Crippen LogP) is 7.24. The Labute approximate surface area is 160 Å². The number of carbonyl (C=O) groups is 1. The zero-order valence-corrected chi connectivity index (χ0v) is 17.2. The molecule has 1 rings (SSSR count). The predicted molar refractivity (Wildman–Crippen MR) is 109 cm³/mol. The number of carboxylic acid groups (broad SMARTS) is 1. The average molecular weight is 365 g/mol. The van der Waals surface area contributed by atoms with E-state index in [9.17, 15) is 4.79 Å². The number of rotatable bonds is 17. The molecule has 0 aromatic carbocycles. The number of hydrogen-bond acceptors (Lipinski definition) is 2. The molecule has 0 aliphatic rings. The van der Waals surface area contributed by atoms with Crippen LogP contribution in [-0.4, -0.2) is 11.1 Å². The van der Waals surface area contributed by atoms with Crippen LogP contribution in [0.5, 0.6) is 0 Å². The van der Waals surface area contributed by atoms with Crippen LogP contribution in [0.25, 0.3) is 0 Å². The highest BCUT2D eigenvalue weighted by Gasteiger charge is 2.06. The molecule has 3 heteroatoms. The lowest BCUT2D eigenvalue weighted by Gasteiger charge is -2.03. The van der Waals surface area contributed by atoms with Gasteiger partial charge in [0.2, 0.25) is 0 Å². The van der Waals surface area contributed by atoms with E-state index in [1.54, 1.807) is 0 Å². The van der Waals surface area contributed by atoms with Gasteiger partial charge in [-0.15, -0.1) is 0 Å². The number of aryl methyl sites for hydroxylation is 3. The topological polar surface area (TPSA) is 50.4 Å². The van der Waals surface area contributed by atoms with Crippen molar-refractivity contribution in [2.45, 2.75) is 117 Å². The maximum absolute atomic E-state index is 10.4. The van der Waals surface area contributed by atoms with Crippen LogP contribution in [0.2, 0.25) is 0 Å². The number of carboxylic acids is 1. The van der Waals surface area contributed by atoms with Crippen LogP contribution in [0.1, 0.15) is 114 Å². The molecule has 1 aromatic rings. The Morgan fingerprint density at radius 2 is 1.35 bits per heavy atom. The molecule has 0 saturated carbocycles. The highest BCUT2D eigenvalue weighted by Crippen LogP contribution is 2.19. The van der Waals surface area contributed by atoms with Gasteiger partial charge in [0.1, 0.15) is 11.5 Å². The van der Waals surface area contributed by atoms with Crippen molar-refractivity contribution >= 4 is 5.97 Å². The van der Waals surface area contributed by atoms with E-state index >= 15 is 0 Å². The first-order valence-corrected chi connectivity index (χ1v) is 10.9. The van der Waals surface area contributed by atoms with E-state index in [0.717, 1.165) is 32.1 Å². The lowest BCUT2D eigenvalue weighted by Crippen LogP contribution is -1.93. The fraction of sp³-hybridized carbons (Fsp3) is 0.783. The lowest BCUT2D eigenvalue weighted by atomic mass is 10.0. The molecule has 150 valence electrons. The standard InChI is InChI=1S/C23H40O3/c1-3-16-22-20(2)19-21(26-22)17-14-12-10-8-6-4-5-7-9-11-13-15-18-23(24)25/h19H,3-18H2,1-2H3,(H,24,25). The molecule has 0 spiro atoms. The summed E-state index contributed by atoms with van der Waals surface area (Å²) in [7, 11) is 0. The summed E-state index contributed by atoms with van der Waals surface area (Å²) in [5, 5.41) is 8.58. The SMILES string of the molecule is CCCc1oc(CCCCCCCCCCCCCCC(=O)O)cc1C. The van der Waals surface area contributed by atoms with Crippen molar-refractivity contribution in [1.82, 2.24) is 0 Å². The van der Waals surface area contributed by atoms with E-state index < -0.39 is 5.97 Å². The zero-order chi connectivity index (χ0) is 19.0. The number of aliphatic carboxylic acids is 1. The van der Waals surface area contributed by atoms with Crippen LogP contribution in [0.4, 0.5) is 0 Å². The summed E-state index contributed by atoms with van der Waals surface area (Å²) in [5.41, 5.74) is 1.32. The number of hydrogen-bond donors (Lipinski definition) is 1. The van der Waals surface area contributed by atoms with Gasteiger partial charge in [-0.25, -0.2) is 0 Å². The molecule has 0 amide bonds. The first kappa shape index (κ1) is 22.8.